The van der Waals surface area contributed by atoms with Gasteiger partial charge in [0.05, 0.1) is 31.2 Å². The van der Waals surface area contributed by atoms with Gasteiger partial charge in [-0.3, -0.25) is 9.69 Å². The van der Waals surface area contributed by atoms with Crippen molar-refractivity contribution in [1.82, 2.24) is 0 Å². The van der Waals surface area contributed by atoms with Crippen LogP contribution in [0, 0.1) is 6.92 Å². The number of ether oxygens (including phenoxy) is 2. The van der Waals surface area contributed by atoms with Crippen LogP contribution in [0.5, 0.6) is 5.75 Å². The van der Waals surface area contributed by atoms with Crippen molar-refractivity contribution in [2.45, 2.75) is 26.3 Å². The summed E-state index contributed by atoms with van der Waals surface area (Å²) < 4.78 is 16.3. The van der Waals surface area contributed by atoms with E-state index in [0.717, 1.165) is 41.8 Å². The predicted octanol–water partition coefficient (Wildman–Crippen LogP) is 1.79. The second-order valence-electron chi connectivity index (χ2n) is 7.37. The molecular formula is C23H24NO5+. The van der Waals surface area contributed by atoms with Crippen LogP contribution in [0.2, 0.25) is 0 Å². The van der Waals surface area contributed by atoms with Gasteiger partial charge < -0.3 is 13.9 Å². The molecule has 1 aromatic heterocycles. The molecule has 29 heavy (non-hydrogen) atoms. The number of rotatable bonds is 5. The fourth-order valence-corrected chi connectivity index (χ4v) is 3.82. The van der Waals surface area contributed by atoms with E-state index in [9.17, 15) is 9.59 Å². The molecule has 4 rings (SSSR count). The monoisotopic (exact) mass is 394 g/mol. The van der Waals surface area contributed by atoms with Crippen molar-refractivity contribution >= 4 is 16.9 Å². The third-order valence-electron chi connectivity index (χ3n) is 5.53. The van der Waals surface area contributed by atoms with Gasteiger partial charge in [0, 0.05) is 11.8 Å². The first-order chi connectivity index (χ1) is 14.1. The smallest absolute Gasteiger partial charge is 0.340 e. The highest BCUT2D eigenvalue weighted by Crippen LogP contribution is 2.30. The van der Waals surface area contributed by atoms with Crippen molar-refractivity contribution in [2.24, 2.45) is 0 Å². The van der Waals surface area contributed by atoms with E-state index in [1.165, 1.54) is 17.6 Å². The lowest BCUT2D eigenvalue weighted by Crippen LogP contribution is -3.12. The van der Waals surface area contributed by atoms with Crippen molar-refractivity contribution in [2.75, 3.05) is 20.4 Å². The maximum absolute atomic E-state index is 12.6. The number of benzene rings is 2. The molecule has 2 aromatic carbocycles. The Morgan fingerprint density at radius 3 is 2.72 bits per heavy atom. The lowest BCUT2D eigenvalue weighted by atomic mass is 10.00. The second kappa shape index (κ2) is 8.09. The van der Waals surface area contributed by atoms with E-state index in [1.54, 1.807) is 0 Å². The average molecular weight is 394 g/mol. The van der Waals surface area contributed by atoms with Crippen molar-refractivity contribution in [1.29, 1.82) is 0 Å². The largest absolute Gasteiger partial charge is 0.469 e. The van der Waals surface area contributed by atoms with Crippen LogP contribution in [0.15, 0.2) is 51.7 Å². The first kappa shape index (κ1) is 19.2. The van der Waals surface area contributed by atoms with Crippen LogP contribution in [0.4, 0.5) is 0 Å². The molecule has 150 valence electrons. The van der Waals surface area contributed by atoms with Crippen LogP contribution in [-0.4, -0.2) is 26.4 Å². The van der Waals surface area contributed by atoms with Crippen LogP contribution in [0.3, 0.4) is 0 Å². The van der Waals surface area contributed by atoms with Crippen molar-refractivity contribution in [3.63, 3.8) is 0 Å². The van der Waals surface area contributed by atoms with Gasteiger partial charge in [0.25, 0.3) is 0 Å². The fraction of sp³-hybridized carbons (Fsp3) is 0.304. The first-order valence-corrected chi connectivity index (χ1v) is 9.72. The number of methoxy groups -OCH3 is 1. The van der Waals surface area contributed by atoms with Gasteiger partial charge in [0.2, 0.25) is 6.73 Å². The van der Waals surface area contributed by atoms with Crippen molar-refractivity contribution in [3.8, 4) is 5.75 Å². The maximum Gasteiger partial charge on any atom is 0.340 e. The van der Waals surface area contributed by atoms with E-state index in [2.05, 4.69) is 12.1 Å². The Kier molecular flexibility index (Phi) is 5.36. The lowest BCUT2D eigenvalue weighted by molar-refractivity contribution is -0.932. The molecule has 0 radical (unpaired) electrons. The zero-order valence-corrected chi connectivity index (χ0v) is 16.6. The third kappa shape index (κ3) is 3.89. The number of fused-ring (bicyclic) bond motifs is 3. The Morgan fingerprint density at radius 2 is 1.97 bits per heavy atom. The van der Waals surface area contributed by atoms with E-state index < -0.39 is 11.6 Å². The Labute approximate surface area is 168 Å². The molecule has 0 amide bonds. The molecule has 6 nitrogen and oxygen atoms in total. The first-order valence-electron chi connectivity index (χ1n) is 9.72. The number of aryl methyl sites for hydroxylation is 1. The highest BCUT2D eigenvalue weighted by Gasteiger charge is 2.26. The molecule has 0 saturated carbocycles. The molecule has 0 bridgehead atoms. The van der Waals surface area contributed by atoms with Gasteiger partial charge in [-0.15, -0.1) is 0 Å². The molecule has 0 saturated heterocycles. The normalized spacial score (nSPS) is 15.6. The average Bonchev–Trinajstić information content (AvgIpc) is 2.75. The maximum atomic E-state index is 12.6. The Hall–Kier alpha value is -3.12. The second-order valence-corrected chi connectivity index (χ2v) is 7.37. The van der Waals surface area contributed by atoms with Crippen molar-refractivity contribution < 1.29 is 23.6 Å². The van der Waals surface area contributed by atoms with Crippen LogP contribution in [0.1, 0.15) is 22.3 Å². The number of hydrogen-bond acceptors (Lipinski definition) is 5. The quantitative estimate of drug-likeness (QED) is 0.528. The SMILES string of the molecule is COC(=O)Cc1c(C)c2ccc3c(c2oc1=O)C[NH+](CCc1ccccc1)CO3. The van der Waals surface area contributed by atoms with Crippen LogP contribution in [-0.2, 0) is 28.9 Å². The van der Waals surface area contributed by atoms with Crippen LogP contribution in [0.25, 0.3) is 11.0 Å². The number of carbonyl (C=O) groups is 1. The number of quaternary nitrogens is 1. The number of hydrogen-bond donors (Lipinski definition) is 1. The summed E-state index contributed by atoms with van der Waals surface area (Å²) in [7, 11) is 1.31. The van der Waals surface area contributed by atoms with E-state index in [0.29, 0.717) is 17.9 Å². The molecule has 0 aliphatic carbocycles. The molecule has 1 aliphatic heterocycles. The number of esters is 1. The summed E-state index contributed by atoms with van der Waals surface area (Å²) >= 11 is 0. The van der Waals surface area contributed by atoms with Gasteiger partial charge in [-0.1, -0.05) is 30.3 Å². The predicted molar refractivity (Wildman–Crippen MR) is 108 cm³/mol. The van der Waals surface area contributed by atoms with Gasteiger partial charge in [-0.25, -0.2) is 4.79 Å². The van der Waals surface area contributed by atoms with Crippen molar-refractivity contribution in [3.05, 3.63) is 75.1 Å². The fourth-order valence-electron chi connectivity index (χ4n) is 3.82. The minimum absolute atomic E-state index is 0.0946. The highest BCUT2D eigenvalue weighted by molar-refractivity contribution is 5.87. The minimum atomic E-state index is -0.495. The van der Waals surface area contributed by atoms with E-state index in [1.807, 2.05) is 37.3 Å². The zero-order chi connectivity index (χ0) is 20.4. The van der Waals surface area contributed by atoms with E-state index in [-0.39, 0.29) is 6.42 Å². The minimum Gasteiger partial charge on any atom is -0.469 e. The van der Waals surface area contributed by atoms with E-state index >= 15 is 0 Å². The van der Waals surface area contributed by atoms with Gasteiger partial charge in [0.15, 0.2) is 5.58 Å². The number of carbonyl (C=O) groups excluding carboxylic acids is 1. The summed E-state index contributed by atoms with van der Waals surface area (Å²) in [6.07, 6.45) is 0.856. The van der Waals surface area contributed by atoms with Crippen LogP contribution >= 0.6 is 0 Å². The standard InChI is InChI=1S/C23H23NO5/c1-15-17-8-9-20-19(22(17)29-23(26)18(15)12-21(25)27-2)13-24(14-28-20)11-10-16-6-4-3-5-7-16/h3-9H,10-14H2,1-2H3/p+1. The molecule has 2 heterocycles. The lowest BCUT2D eigenvalue weighted by Gasteiger charge is -2.26. The van der Waals surface area contributed by atoms with Gasteiger partial charge >= 0.3 is 11.6 Å². The summed E-state index contributed by atoms with van der Waals surface area (Å²) in [6.45, 7) is 4.06. The number of nitrogens with one attached hydrogen (secondary N) is 1. The summed E-state index contributed by atoms with van der Waals surface area (Å²) in [5.74, 6) is 0.293. The van der Waals surface area contributed by atoms with Gasteiger partial charge in [-0.2, -0.15) is 0 Å². The highest BCUT2D eigenvalue weighted by atomic mass is 16.5. The molecule has 0 spiro atoms. The molecular weight excluding hydrogens is 370 g/mol. The zero-order valence-electron chi connectivity index (χ0n) is 16.6. The molecule has 1 unspecified atom stereocenters. The molecule has 6 heteroatoms. The molecule has 3 aromatic rings. The molecule has 1 N–H and O–H groups in total. The summed E-state index contributed by atoms with van der Waals surface area (Å²) in [4.78, 5) is 25.5. The Balaban J connectivity index is 1.64. The molecule has 1 atom stereocenters. The van der Waals surface area contributed by atoms with E-state index in [4.69, 9.17) is 13.9 Å². The summed E-state index contributed by atoms with van der Waals surface area (Å²) in [5.41, 5.74) is 3.34. The third-order valence-corrected chi connectivity index (χ3v) is 5.53. The Morgan fingerprint density at radius 1 is 1.17 bits per heavy atom. The summed E-state index contributed by atoms with van der Waals surface area (Å²) in [6, 6.07) is 14.2. The summed E-state index contributed by atoms with van der Waals surface area (Å²) in [5, 5.41) is 0.829. The molecule has 0 fully saturated rings. The van der Waals surface area contributed by atoms with Gasteiger partial charge in [0.1, 0.15) is 12.3 Å². The molecule has 1 aliphatic rings. The van der Waals surface area contributed by atoms with Crippen LogP contribution < -0.4 is 15.3 Å². The Bertz CT molecular complexity index is 1100. The topological polar surface area (TPSA) is 70.2 Å². The van der Waals surface area contributed by atoms with Gasteiger partial charge in [-0.05, 0) is 30.2 Å².